The zero-order valence-electron chi connectivity index (χ0n) is 13.3. The van der Waals surface area contributed by atoms with Crippen molar-refractivity contribution in [3.05, 3.63) is 0 Å². The molecule has 0 aromatic carbocycles. The third-order valence-corrected chi connectivity index (χ3v) is 4.07. The predicted molar refractivity (Wildman–Crippen MR) is 81.0 cm³/mol. The van der Waals surface area contributed by atoms with Crippen molar-refractivity contribution in [3.8, 4) is 0 Å². The largest absolute Gasteiger partial charge is 0.304 e. The van der Waals surface area contributed by atoms with Crippen LogP contribution in [0.25, 0.3) is 0 Å². The van der Waals surface area contributed by atoms with Crippen LogP contribution in [0.1, 0.15) is 47.0 Å². The van der Waals surface area contributed by atoms with Crippen molar-refractivity contribution < 1.29 is 0 Å². The van der Waals surface area contributed by atoms with Gasteiger partial charge in [0.05, 0.1) is 0 Å². The predicted octanol–water partition coefficient (Wildman–Crippen LogP) is 3.33. The lowest BCUT2D eigenvalue weighted by Gasteiger charge is -2.35. The van der Waals surface area contributed by atoms with Crippen LogP contribution in [0.5, 0.6) is 0 Å². The van der Waals surface area contributed by atoms with Crippen LogP contribution in [0, 0.1) is 17.8 Å². The molecule has 2 heteroatoms. The Bertz CT molecular complexity index is 205. The standard InChI is InChI=1S/C16H34N2/c1-14(2)6-7-16(12-15(3)4)13-18-10-8-17(5)9-11-18/h14-16H,6-13H2,1-5H3. The van der Waals surface area contributed by atoms with E-state index in [0.29, 0.717) is 0 Å². The highest BCUT2D eigenvalue weighted by molar-refractivity contribution is 4.74. The van der Waals surface area contributed by atoms with E-state index in [9.17, 15) is 0 Å². The van der Waals surface area contributed by atoms with E-state index < -0.39 is 0 Å². The summed E-state index contributed by atoms with van der Waals surface area (Å²) in [6.45, 7) is 15.8. The van der Waals surface area contributed by atoms with E-state index in [1.807, 2.05) is 0 Å². The lowest BCUT2D eigenvalue weighted by molar-refractivity contribution is 0.126. The number of hydrogen-bond acceptors (Lipinski definition) is 2. The summed E-state index contributed by atoms with van der Waals surface area (Å²) in [4.78, 5) is 5.13. The van der Waals surface area contributed by atoms with Crippen LogP contribution in [0.2, 0.25) is 0 Å². The van der Waals surface area contributed by atoms with E-state index in [1.165, 1.54) is 52.0 Å². The molecule has 0 bridgehead atoms. The Morgan fingerprint density at radius 1 is 0.833 bits per heavy atom. The molecule has 0 radical (unpaired) electrons. The third kappa shape index (κ3) is 6.75. The maximum Gasteiger partial charge on any atom is 0.0110 e. The van der Waals surface area contributed by atoms with Crippen LogP contribution < -0.4 is 0 Å². The molecule has 1 aliphatic rings. The molecule has 18 heavy (non-hydrogen) atoms. The molecular formula is C16H34N2. The molecule has 0 spiro atoms. The fourth-order valence-electron chi connectivity index (χ4n) is 2.91. The van der Waals surface area contributed by atoms with E-state index in [2.05, 4.69) is 44.5 Å². The third-order valence-electron chi connectivity index (χ3n) is 4.07. The van der Waals surface area contributed by atoms with Crippen LogP contribution in [0.3, 0.4) is 0 Å². The average molecular weight is 254 g/mol. The zero-order chi connectivity index (χ0) is 13.5. The molecule has 0 aromatic heterocycles. The molecule has 108 valence electrons. The number of hydrogen-bond donors (Lipinski definition) is 0. The van der Waals surface area contributed by atoms with Crippen LogP contribution in [-0.4, -0.2) is 49.6 Å². The lowest BCUT2D eigenvalue weighted by atomic mass is 9.90. The summed E-state index contributed by atoms with van der Waals surface area (Å²) in [6.07, 6.45) is 4.21. The molecule has 1 saturated heterocycles. The van der Waals surface area contributed by atoms with Gasteiger partial charge in [-0.2, -0.15) is 0 Å². The van der Waals surface area contributed by atoms with E-state index in [4.69, 9.17) is 0 Å². The van der Waals surface area contributed by atoms with Crippen molar-refractivity contribution in [1.82, 2.24) is 9.80 Å². The summed E-state index contributed by atoms with van der Waals surface area (Å²) in [5.41, 5.74) is 0. The molecule has 0 N–H and O–H groups in total. The molecule has 1 aliphatic heterocycles. The highest BCUT2D eigenvalue weighted by Crippen LogP contribution is 2.21. The van der Waals surface area contributed by atoms with Crippen molar-refractivity contribution >= 4 is 0 Å². The van der Waals surface area contributed by atoms with Crippen LogP contribution in [0.4, 0.5) is 0 Å². The molecular weight excluding hydrogens is 220 g/mol. The molecule has 0 aliphatic carbocycles. The van der Waals surface area contributed by atoms with Gasteiger partial charge < -0.3 is 9.80 Å². The summed E-state index contributed by atoms with van der Waals surface area (Å²) in [6, 6.07) is 0. The van der Waals surface area contributed by atoms with Gasteiger partial charge in [0, 0.05) is 32.7 Å². The van der Waals surface area contributed by atoms with Gasteiger partial charge in [0.25, 0.3) is 0 Å². The van der Waals surface area contributed by atoms with Gasteiger partial charge in [-0.3, -0.25) is 0 Å². The highest BCUT2D eigenvalue weighted by Gasteiger charge is 2.19. The maximum atomic E-state index is 2.69. The smallest absolute Gasteiger partial charge is 0.0110 e. The van der Waals surface area contributed by atoms with Gasteiger partial charge in [-0.15, -0.1) is 0 Å². The van der Waals surface area contributed by atoms with Crippen LogP contribution in [0.15, 0.2) is 0 Å². The Kier molecular flexibility index (Phi) is 7.25. The zero-order valence-corrected chi connectivity index (χ0v) is 13.3. The molecule has 0 amide bonds. The van der Waals surface area contributed by atoms with E-state index in [1.54, 1.807) is 0 Å². The maximum absolute atomic E-state index is 2.69. The molecule has 0 saturated carbocycles. The van der Waals surface area contributed by atoms with Gasteiger partial charge in [-0.05, 0) is 37.6 Å². The second-order valence-electron chi connectivity index (χ2n) is 7.07. The first kappa shape index (κ1) is 16.0. The molecule has 1 heterocycles. The lowest BCUT2D eigenvalue weighted by Crippen LogP contribution is -2.46. The van der Waals surface area contributed by atoms with Crippen LogP contribution in [-0.2, 0) is 0 Å². The minimum Gasteiger partial charge on any atom is -0.304 e. The first-order chi connectivity index (χ1) is 8.47. The number of likely N-dealkylation sites (N-methyl/N-ethyl adjacent to an activating group) is 1. The monoisotopic (exact) mass is 254 g/mol. The van der Waals surface area contributed by atoms with Crippen molar-refractivity contribution in [2.75, 3.05) is 39.8 Å². The summed E-state index contributed by atoms with van der Waals surface area (Å²) in [5, 5.41) is 0. The van der Waals surface area contributed by atoms with Gasteiger partial charge >= 0.3 is 0 Å². The summed E-state index contributed by atoms with van der Waals surface area (Å²) in [7, 11) is 2.24. The Hall–Kier alpha value is -0.0800. The van der Waals surface area contributed by atoms with Crippen LogP contribution >= 0.6 is 0 Å². The first-order valence-corrected chi connectivity index (χ1v) is 7.88. The molecule has 0 aromatic rings. The van der Waals surface area contributed by atoms with Crippen molar-refractivity contribution in [3.63, 3.8) is 0 Å². The highest BCUT2D eigenvalue weighted by atomic mass is 15.2. The van der Waals surface area contributed by atoms with Gasteiger partial charge in [-0.1, -0.05) is 34.1 Å². The Labute approximate surface area is 115 Å². The van der Waals surface area contributed by atoms with Gasteiger partial charge in [0.2, 0.25) is 0 Å². The number of rotatable bonds is 7. The number of piperazine rings is 1. The molecule has 2 nitrogen and oxygen atoms in total. The van der Waals surface area contributed by atoms with E-state index in [-0.39, 0.29) is 0 Å². The number of nitrogens with zero attached hydrogens (tertiary/aromatic N) is 2. The molecule has 1 unspecified atom stereocenters. The van der Waals surface area contributed by atoms with Crippen molar-refractivity contribution in [2.45, 2.75) is 47.0 Å². The second kappa shape index (κ2) is 8.16. The fraction of sp³-hybridized carbons (Fsp3) is 1.00. The van der Waals surface area contributed by atoms with Gasteiger partial charge in [0.15, 0.2) is 0 Å². The molecule has 1 rings (SSSR count). The SMILES string of the molecule is CC(C)CCC(CC(C)C)CN1CCN(C)CC1. The minimum absolute atomic E-state index is 0.842. The van der Waals surface area contributed by atoms with Crippen molar-refractivity contribution in [1.29, 1.82) is 0 Å². The fourth-order valence-corrected chi connectivity index (χ4v) is 2.91. The Balaban J connectivity index is 2.34. The second-order valence-corrected chi connectivity index (χ2v) is 7.07. The summed E-state index contributed by atoms with van der Waals surface area (Å²) < 4.78 is 0. The Morgan fingerprint density at radius 2 is 1.44 bits per heavy atom. The summed E-state index contributed by atoms with van der Waals surface area (Å²) >= 11 is 0. The molecule has 1 atom stereocenters. The average Bonchev–Trinajstić information content (AvgIpc) is 2.28. The minimum atomic E-state index is 0.842. The van der Waals surface area contributed by atoms with E-state index >= 15 is 0 Å². The topological polar surface area (TPSA) is 6.48 Å². The first-order valence-electron chi connectivity index (χ1n) is 7.88. The Morgan fingerprint density at radius 3 is 1.94 bits per heavy atom. The van der Waals surface area contributed by atoms with E-state index in [0.717, 1.165) is 17.8 Å². The van der Waals surface area contributed by atoms with Gasteiger partial charge in [-0.25, -0.2) is 0 Å². The summed E-state index contributed by atoms with van der Waals surface area (Å²) in [5.74, 6) is 2.61. The quantitative estimate of drug-likeness (QED) is 0.687. The van der Waals surface area contributed by atoms with Gasteiger partial charge in [0.1, 0.15) is 0 Å². The van der Waals surface area contributed by atoms with Crippen molar-refractivity contribution in [2.24, 2.45) is 17.8 Å². The normalized spacial score (nSPS) is 20.8. The molecule has 1 fully saturated rings.